The third-order valence-electron chi connectivity index (χ3n) is 1.76. The van der Waals surface area contributed by atoms with Crippen molar-refractivity contribution in [2.75, 3.05) is 0 Å². The SMILES string of the molecule is Cc1cccc(S(=O)(=O)O)c1P(=O)([O-])O.O=P([O-])([O-])[O-].[Zr+4]. The normalized spacial score (nSPS) is 14.2. The molecular weight excluding hydrogens is 429 g/mol. The first kappa shape index (κ1) is 23.5. The van der Waals surface area contributed by atoms with E-state index in [0.717, 1.165) is 6.07 Å². The third kappa shape index (κ3) is 9.81. The molecule has 0 aliphatic carbocycles. The molecule has 0 fully saturated rings. The Bertz CT molecular complexity index is 666. The second-order valence-electron chi connectivity index (χ2n) is 3.36. The van der Waals surface area contributed by atoms with E-state index in [4.69, 9.17) is 28.7 Å². The summed E-state index contributed by atoms with van der Waals surface area (Å²) in [5, 5.41) is -0.771. The molecule has 1 unspecified atom stereocenters. The van der Waals surface area contributed by atoms with Crippen LogP contribution < -0.4 is 24.9 Å². The van der Waals surface area contributed by atoms with Gasteiger partial charge in [0.15, 0.2) is 7.60 Å². The fourth-order valence-electron chi connectivity index (χ4n) is 1.20. The monoisotopic (exact) mass is 436 g/mol. The maximum atomic E-state index is 10.9. The molecule has 0 aliphatic heterocycles. The van der Waals surface area contributed by atoms with Crippen LogP contribution in [0.1, 0.15) is 5.56 Å². The van der Waals surface area contributed by atoms with Crippen molar-refractivity contribution in [3.63, 3.8) is 0 Å². The van der Waals surface area contributed by atoms with Crippen LogP contribution in [0.5, 0.6) is 0 Å². The summed E-state index contributed by atoms with van der Waals surface area (Å²) >= 11 is 0. The molecular formula is C7H8O10P2SZr. The van der Waals surface area contributed by atoms with Crippen LogP contribution in [-0.4, -0.2) is 17.9 Å². The Morgan fingerprint density at radius 3 is 1.71 bits per heavy atom. The van der Waals surface area contributed by atoms with Crippen LogP contribution >= 0.6 is 15.4 Å². The van der Waals surface area contributed by atoms with Crippen LogP contribution in [0.25, 0.3) is 0 Å². The zero-order valence-electron chi connectivity index (χ0n) is 10.2. The van der Waals surface area contributed by atoms with Crippen molar-refractivity contribution >= 4 is 30.8 Å². The summed E-state index contributed by atoms with van der Waals surface area (Å²) in [6.07, 6.45) is 0. The minimum Gasteiger partial charge on any atom is -0.822 e. The molecule has 0 radical (unpaired) electrons. The molecule has 0 amide bonds. The maximum absolute atomic E-state index is 10.9. The van der Waals surface area contributed by atoms with Crippen molar-refractivity contribution in [2.45, 2.75) is 11.8 Å². The second kappa shape index (κ2) is 8.22. The van der Waals surface area contributed by atoms with Gasteiger partial charge in [-0.2, -0.15) is 16.2 Å². The smallest absolute Gasteiger partial charge is 0.822 e. The molecule has 14 heteroatoms. The fraction of sp³-hybridized carbons (Fsp3) is 0.143. The minimum atomic E-state index is -5.39. The average molecular weight is 437 g/mol. The fourth-order valence-corrected chi connectivity index (χ4v) is 3.42. The zero-order valence-corrected chi connectivity index (χ0v) is 15.3. The Hall–Kier alpha value is 0.273. The third-order valence-corrected chi connectivity index (χ3v) is 3.97. The van der Waals surface area contributed by atoms with Gasteiger partial charge >= 0.3 is 26.2 Å². The molecule has 0 saturated heterocycles. The van der Waals surface area contributed by atoms with Crippen LogP contribution in [0.2, 0.25) is 0 Å². The maximum Gasteiger partial charge on any atom is 4.00 e. The van der Waals surface area contributed by atoms with E-state index in [9.17, 15) is 17.9 Å². The van der Waals surface area contributed by atoms with E-state index in [1.165, 1.54) is 19.1 Å². The standard InChI is InChI=1S/C7H9O6PS.H3O4P.Zr/c1-5-3-2-4-6(15(11,12)13)7(5)14(8,9)10;1-5(2,3)4;/h2-4H,1H3,(H2,8,9,10)(H,11,12,13);(H3,1,2,3,4);/q;;+4/p-4. The van der Waals surface area contributed by atoms with Crippen molar-refractivity contribution in [1.29, 1.82) is 0 Å². The Balaban J connectivity index is 0. The molecule has 1 aromatic rings. The second-order valence-corrected chi connectivity index (χ2v) is 7.14. The van der Waals surface area contributed by atoms with Gasteiger partial charge in [-0.1, -0.05) is 12.1 Å². The summed E-state index contributed by atoms with van der Waals surface area (Å²) in [7, 11) is -15.0. The largest absolute Gasteiger partial charge is 4.00 e. The molecule has 0 aliphatic rings. The number of rotatable bonds is 2. The Labute approximate surface area is 139 Å². The Morgan fingerprint density at radius 1 is 1.10 bits per heavy atom. The molecule has 0 spiro atoms. The van der Waals surface area contributed by atoms with Gasteiger partial charge < -0.3 is 33.6 Å². The number of hydrogen-bond acceptors (Lipinski definition) is 8. The van der Waals surface area contributed by atoms with E-state index in [2.05, 4.69) is 0 Å². The van der Waals surface area contributed by atoms with E-state index in [1.807, 2.05) is 0 Å². The molecule has 10 nitrogen and oxygen atoms in total. The van der Waals surface area contributed by atoms with Gasteiger partial charge in [-0.15, -0.1) is 0 Å². The van der Waals surface area contributed by atoms with Crippen LogP contribution in [-0.2, 0) is 45.5 Å². The van der Waals surface area contributed by atoms with E-state index >= 15 is 0 Å². The van der Waals surface area contributed by atoms with Gasteiger partial charge in [0.25, 0.3) is 10.1 Å². The Morgan fingerprint density at radius 2 is 1.48 bits per heavy atom. The van der Waals surface area contributed by atoms with E-state index in [-0.39, 0.29) is 31.8 Å². The summed E-state index contributed by atoms with van der Waals surface area (Å²) in [6, 6.07) is 3.47. The molecule has 1 atom stereocenters. The first-order valence-electron chi connectivity index (χ1n) is 4.48. The summed E-state index contributed by atoms with van der Waals surface area (Å²) in [4.78, 5) is 44.6. The number of benzene rings is 1. The number of phosphoric acid groups is 1. The van der Waals surface area contributed by atoms with Crippen molar-refractivity contribution in [3.8, 4) is 0 Å². The molecule has 21 heavy (non-hydrogen) atoms. The van der Waals surface area contributed by atoms with Crippen LogP contribution in [0.3, 0.4) is 0 Å². The van der Waals surface area contributed by atoms with Crippen molar-refractivity contribution in [2.24, 2.45) is 0 Å². The molecule has 1 rings (SSSR count). The Kier molecular flexibility index (Phi) is 9.21. The first-order valence-corrected chi connectivity index (χ1v) is 8.96. The first-order chi connectivity index (χ1) is 8.64. The summed E-state index contributed by atoms with van der Waals surface area (Å²) in [6.45, 7) is 1.31. The van der Waals surface area contributed by atoms with Gasteiger partial charge in [0.05, 0.1) is 0 Å². The summed E-state index contributed by atoms with van der Waals surface area (Å²) in [5.41, 5.74) is 0.0472. The van der Waals surface area contributed by atoms with Crippen molar-refractivity contribution in [3.05, 3.63) is 23.8 Å². The quantitative estimate of drug-likeness (QED) is 0.347. The van der Waals surface area contributed by atoms with Crippen LogP contribution in [0.15, 0.2) is 23.1 Å². The molecule has 116 valence electrons. The predicted octanol–water partition coefficient (Wildman–Crippen LogP) is -3.41. The van der Waals surface area contributed by atoms with Crippen LogP contribution in [0, 0.1) is 6.92 Å². The number of aryl methyl sites for hydroxylation is 1. The predicted molar refractivity (Wildman–Crippen MR) is 58.1 cm³/mol. The van der Waals surface area contributed by atoms with Gasteiger partial charge in [0, 0.05) is 5.30 Å². The molecule has 0 saturated carbocycles. The van der Waals surface area contributed by atoms with E-state index < -0.39 is 35.7 Å². The molecule has 0 bridgehead atoms. The van der Waals surface area contributed by atoms with Gasteiger partial charge in [-0.3, -0.25) is 4.55 Å². The van der Waals surface area contributed by atoms with Gasteiger partial charge in [0.2, 0.25) is 0 Å². The van der Waals surface area contributed by atoms with E-state index in [0.29, 0.717) is 0 Å². The number of hydrogen-bond donors (Lipinski definition) is 2. The average Bonchev–Trinajstić information content (AvgIpc) is 2.10. The molecule has 2 N–H and O–H groups in total. The van der Waals surface area contributed by atoms with Gasteiger partial charge in [0.1, 0.15) is 4.90 Å². The zero-order chi connectivity index (χ0) is 16.4. The summed E-state index contributed by atoms with van der Waals surface area (Å²) < 4.78 is 49.9. The summed E-state index contributed by atoms with van der Waals surface area (Å²) in [5.74, 6) is 0. The van der Waals surface area contributed by atoms with Gasteiger partial charge in [-0.05, 0) is 18.6 Å². The topological polar surface area (TPSA) is 201 Å². The molecule has 0 heterocycles. The minimum absolute atomic E-state index is 0. The molecule has 0 aromatic heterocycles. The van der Waals surface area contributed by atoms with Gasteiger partial charge in [-0.25, -0.2) is 0 Å². The van der Waals surface area contributed by atoms with E-state index in [1.54, 1.807) is 0 Å². The van der Waals surface area contributed by atoms with Crippen molar-refractivity contribution < 1.29 is 72.8 Å². The van der Waals surface area contributed by atoms with Crippen LogP contribution in [0.4, 0.5) is 0 Å². The molecule has 1 aromatic carbocycles. The van der Waals surface area contributed by atoms with Crippen molar-refractivity contribution in [1.82, 2.24) is 0 Å².